The number of carbonyl (C=O) groups is 1. The van der Waals surface area contributed by atoms with Crippen LogP contribution in [-0.4, -0.2) is 48.6 Å². The van der Waals surface area contributed by atoms with E-state index in [4.69, 9.17) is 0 Å². The van der Waals surface area contributed by atoms with Crippen molar-refractivity contribution in [3.05, 3.63) is 35.9 Å². The Morgan fingerprint density at radius 3 is 2.65 bits per heavy atom. The van der Waals surface area contributed by atoms with Crippen molar-refractivity contribution in [2.24, 2.45) is 0 Å². The highest BCUT2D eigenvalue weighted by atomic mass is 32.2. The van der Waals surface area contributed by atoms with Crippen LogP contribution in [0.1, 0.15) is 12.0 Å². The third kappa shape index (κ3) is 2.72. The summed E-state index contributed by atoms with van der Waals surface area (Å²) in [6.07, 6.45) is 0.636. The third-order valence-electron chi connectivity index (χ3n) is 3.97. The largest absolute Gasteiger partial charge is 0.337 e. The Bertz CT molecular complexity index is 600. The molecular formula is C14H17NO3S2. The summed E-state index contributed by atoms with van der Waals surface area (Å²) in [6, 6.07) is 9.96. The summed E-state index contributed by atoms with van der Waals surface area (Å²) in [5.41, 5.74) is 1.20. The first kappa shape index (κ1) is 13.9. The minimum absolute atomic E-state index is 0.0742. The van der Waals surface area contributed by atoms with Gasteiger partial charge in [-0.1, -0.05) is 30.3 Å². The van der Waals surface area contributed by atoms with Crippen LogP contribution in [0.5, 0.6) is 0 Å². The Morgan fingerprint density at radius 1 is 1.30 bits per heavy atom. The molecule has 2 atom stereocenters. The van der Waals surface area contributed by atoms with E-state index in [2.05, 4.69) is 0 Å². The van der Waals surface area contributed by atoms with Crippen molar-refractivity contribution in [3.63, 3.8) is 0 Å². The molecule has 1 aromatic carbocycles. The van der Waals surface area contributed by atoms with Gasteiger partial charge in [0.15, 0.2) is 9.84 Å². The molecule has 2 aliphatic heterocycles. The standard InChI is InChI=1S/C14H17NO3S2/c16-14(9-19-8-11-4-2-1-3-5-11)15-7-13-6-12(15)10-20(13,17)18/h1-5,12-13H,6-10H2/t12-,13+/m0/s1. The third-order valence-corrected chi connectivity index (χ3v) is 7.16. The Kier molecular flexibility index (Phi) is 3.77. The van der Waals surface area contributed by atoms with Gasteiger partial charge >= 0.3 is 0 Å². The van der Waals surface area contributed by atoms with Crippen LogP contribution < -0.4 is 0 Å². The minimum Gasteiger partial charge on any atom is -0.337 e. The Labute approximate surface area is 123 Å². The van der Waals surface area contributed by atoms with Gasteiger partial charge in [0.25, 0.3) is 0 Å². The van der Waals surface area contributed by atoms with Crippen LogP contribution >= 0.6 is 11.8 Å². The van der Waals surface area contributed by atoms with Gasteiger partial charge in [0.05, 0.1) is 16.8 Å². The summed E-state index contributed by atoms with van der Waals surface area (Å²) in [5, 5.41) is -0.310. The molecule has 0 radical (unpaired) electrons. The molecule has 0 spiro atoms. The van der Waals surface area contributed by atoms with Crippen LogP contribution in [0.25, 0.3) is 0 Å². The summed E-state index contributed by atoms with van der Waals surface area (Å²) in [7, 11) is -2.92. The van der Waals surface area contributed by atoms with Crippen LogP contribution in [0.4, 0.5) is 0 Å². The van der Waals surface area contributed by atoms with Gasteiger partial charge in [0.1, 0.15) is 0 Å². The lowest BCUT2D eigenvalue weighted by atomic mass is 10.2. The van der Waals surface area contributed by atoms with Gasteiger partial charge in [-0.05, 0) is 12.0 Å². The number of benzene rings is 1. The van der Waals surface area contributed by atoms with Gasteiger partial charge < -0.3 is 4.90 Å². The van der Waals surface area contributed by atoms with E-state index in [1.165, 1.54) is 5.56 Å². The molecular weight excluding hydrogens is 294 g/mol. The number of carbonyl (C=O) groups excluding carboxylic acids is 1. The first-order chi connectivity index (χ1) is 9.56. The van der Waals surface area contributed by atoms with Crippen LogP contribution in [0.15, 0.2) is 30.3 Å². The van der Waals surface area contributed by atoms with E-state index in [1.54, 1.807) is 16.7 Å². The lowest BCUT2D eigenvalue weighted by Gasteiger charge is -2.26. The minimum atomic E-state index is -2.92. The summed E-state index contributed by atoms with van der Waals surface area (Å²) in [5.74, 6) is 1.48. The van der Waals surface area contributed by atoms with Crippen molar-refractivity contribution in [1.82, 2.24) is 4.90 Å². The highest BCUT2D eigenvalue weighted by Crippen LogP contribution is 2.33. The first-order valence-corrected chi connectivity index (χ1v) is 9.56. The van der Waals surface area contributed by atoms with E-state index in [0.717, 1.165) is 5.75 Å². The molecule has 0 N–H and O–H groups in total. The second-order valence-electron chi connectivity index (χ2n) is 5.37. The topological polar surface area (TPSA) is 54.5 Å². The maximum Gasteiger partial charge on any atom is 0.232 e. The van der Waals surface area contributed by atoms with Gasteiger partial charge in [-0.2, -0.15) is 0 Å². The maximum absolute atomic E-state index is 12.1. The molecule has 2 fully saturated rings. The van der Waals surface area contributed by atoms with Crippen LogP contribution in [0, 0.1) is 0 Å². The van der Waals surface area contributed by atoms with E-state index in [-0.39, 0.29) is 23.0 Å². The number of sulfone groups is 1. The molecule has 2 bridgehead atoms. The number of thioether (sulfide) groups is 1. The zero-order chi connectivity index (χ0) is 14.2. The molecule has 20 heavy (non-hydrogen) atoms. The number of hydrogen-bond donors (Lipinski definition) is 0. The smallest absolute Gasteiger partial charge is 0.232 e. The molecule has 108 valence electrons. The van der Waals surface area contributed by atoms with Crippen LogP contribution in [0.2, 0.25) is 0 Å². The molecule has 2 aliphatic rings. The highest BCUT2D eigenvalue weighted by Gasteiger charge is 2.49. The fourth-order valence-corrected chi connectivity index (χ4v) is 5.81. The van der Waals surface area contributed by atoms with Gasteiger partial charge in [0.2, 0.25) is 5.91 Å². The molecule has 4 nitrogen and oxygen atoms in total. The van der Waals surface area contributed by atoms with Crippen molar-refractivity contribution in [2.75, 3.05) is 18.1 Å². The summed E-state index contributed by atoms with van der Waals surface area (Å²) in [6.45, 7) is 0.401. The fourth-order valence-electron chi connectivity index (χ4n) is 2.91. The van der Waals surface area contributed by atoms with Crippen molar-refractivity contribution in [1.29, 1.82) is 0 Å². The number of likely N-dealkylation sites (tertiary alicyclic amines) is 1. The zero-order valence-electron chi connectivity index (χ0n) is 11.1. The quantitative estimate of drug-likeness (QED) is 0.841. The summed E-state index contributed by atoms with van der Waals surface area (Å²) >= 11 is 1.59. The van der Waals surface area contributed by atoms with E-state index in [1.807, 2.05) is 30.3 Å². The second kappa shape index (κ2) is 5.41. The molecule has 3 rings (SSSR count). The number of hydrogen-bond acceptors (Lipinski definition) is 4. The van der Waals surface area contributed by atoms with E-state index in [9.17, 15) is 13.2 Å². The molecule has 2 saturated heterocycles. The average molecular weight is 311 g/mol. The fraction of sp³-hybridized carbons (Fsp3) is 0.500. The molecule has 6 heteroatoms. The predicted octanol–water partition coefficient (Wildman–Crippen LogP) is 1.32. The summed E-state index contributed by atoms with van der Waals surface area (Å²) in [4.78, 5) is 13.9. The van der Waals surface area contributed by atoms with Crippen LogP contribution in [0.3, 0.4) is 0 Å². The van der Waals surface area contributed by atoms with Crippen LogP contribution in [-0.2, 0) is 20.4 Å². The number of nitrogens with zero attached hydrogens (tertiary/aromatic N) is 1. The molecule has 1 aromatic rings. The van der Waals surface area contributed by atoms with Crippen molar-refractivity contribution < 1.29 is 13.2 Å². The lowest BCUT2D eigenvalue weighted by molar-refractivity contribution is -0.128. The monoisotopic (exact) mass is 311 g/mol. The lowest BCUT2D eigenvalue weighted by Crippen LogP contribution is -2.44. The summed E-state index contributed by atoms with van der Waals surface area (Å²) < 4.78 is 23.3. The van der Waals surface area contributed by atoms with Gasteiger partial charge in [0, 0.05) is 18.3 Å². The zero-order valence-corrected chi connectivity index (χ0v) is 12.7. The van der Waals surface area contributed by atoms with E-state index >= 15 is 0 Å². The van der Waals surface area contributed by atoms with E-state index in [0.29, 0.717) is 18.7 Å². The number of fused-ring (bicyclic) bond motifs is 2. The second-order valence-corrected chi connectivity index (χ2v) is 8.68. The Hall–Kier alpha value is -1.01. The average Bonchev–Trinajstić information content (AvgIpc) is 2.95. The van der Waals surface area contributed by atoms with Gasteiger partial charge in [-0.15, -0.1) is 11.8 Å². The number of amides is 1. The first-order valence-electron chi connectivity index (χ1n) is 6.69. The Balaban J connectivity index is 1.50. The maximum atomic E-state index is 12.1. The molecule has 0 unspecified atom stereocenters. The van der Waals surface area contributed by atoms with E-state index < -0.39 is 9.84 Å². The molecule has 0 aromatic heterocycles. The SMILES string of the molecule is O=C(CSCc1ccccc1)N1C[C@H]2C[C@H]1CS2(=O)=O. The van der Waals surface area contributed by atoms with Crippen molar-refractivity contribution in [2.45, 2.75) is 23.5 Å². The molecule has 2 heterocycles. The molecule has 0 aliphatic carbocycles. The van der Waals surface area contributed by atoms with Gasteiger partial charge in [-0.25, -0.2) is 8.42 Å². The molecule has 1 amide bonds. The van der Waals surface area contributed by atoms with Gasteiger partial charge in [-0.3, -0.25) is 4.79 Å². The highest BCUT2D eigenvalue weighted by molar-refractivity contribution is 7.99. The normalized spacial score (nSPS) is 26.9. The number of rotatable bonds is 4. The van der Waals surface area contributed by atoms with Crippen molar-refractivity contribution in [3.8, 4) is 0 Å². The predicted molar refractivity (Wildman–Crippen MR) is 80.3 cm³/mol. The molecule has 0 saturated carbocycles. The Morgan fingerprint density at radius 2 is 2.05 bits per heavy atom. The van der Waals surface area contributed by atoms with Crippen molar-refractivity contribution >= 4 is 27.5 Å².